The summed E-state index contributed by atoms with van der Waals surface area (Å²) < 4.78 is 19.2. The van der Waals surface area contributed by atoms with Crippen LogP contribution in [0.4, 0.5) is 10.1 Å². The number of amides is 1. The van der Waals surface area contributed by atoms with Gasteiger partial charge >= 0.3 is 0 Å². The molecule has 20 heavy (non-hydrogen) atoms. The van der Waals surface area contributed by atoms with Crippen molar-refractivity contribution >= 4 is 11.6 Å². The third kappa shape index (κ3) is 2.90. The summed E-state index contributed by atoms with van der Waals surface area (Å²) in [5.41, 5.74) is 5.41. The van der Waals surface area contributed by atoms with Crippen molar-refractivity contribution < 1.29 is 13.9 Å². The topological polar surface area (TPSA) is 77.2 Å². The summed E-state index contributed by atoms with van der Waals surface area (Å²) in [6.07, 6.45) is 2.64. The van der Waals surface area contributed by atoms with E-state index in [0.717, 1.165) is 5.56 Å². The van der Waals surface area contributed by atoms with Crippen molar-refractivity contribution in [2.75, 3.05) is 19.0 Å². The van der Waals surface area contributed by atoms with E-state index >= 15 is 0 Å². The van der Waals surface area contributed by atoms with Gasteiger partial charge in [-0.15, -0.1) is 0 Å². The molecule has 2 rings (SSSR count). The van der Waals surface area contributed by atoms with Crippen molar-refractivity contribution in [2.45, 2.75) is 31.9 Å². The van der Waals surface area contributed by atoms with Gasteiger partial charge in [0.15, 0.2) is 0 Å². The summed E-state index contributed by atoms with van der Waals surface area (Å²) in [5.74, 6) is -0.193. The summed E-state index contributed by atoms with van der Waals surface area (Å²) in [7, 11) is 1.49. The fourth-order valence-electron chi connectivity index (χ4n) is 2.55. The second kappa shape index (κ2) is 5.75. The lowest BCUT2D eigenvalue weighted by atomic mass is 10.0. The maximum Gasteiger partial charge on any atom is 0.237 e. The summed E-state index contributed by atoms with van der Waals surface area (Å²) in [6.45, 7) is 1.82. The van der Waals surface area contributed by atoms with Gasteiger partial charge in [-0.3, -0.25) is 4.79 Å². The normalized spacial score (nSPS) is 25.5. The molecular formula is C14H20FN3O2. The Kier molecular flexibility index (Phi) is 4.23. The molecule has 5 nitrogen and oxygen atoms in total. The molecule has 1 saturated carbocycles. The summed E-state index contributed by atoms with van der Waals surface area (Å²) in [6, 6.07) is 1.78. The Morgan fingerprint density at radius 2 is 2.45 bits per heavy atom. The Balaban J connectivity index is 2.10. The monoisotopic (exact) mass is 281 g/mol. The maximum atomic E-state index is 14.1. The minimum Gasteiger partial charge on any atom is -0.480 e. The molecule has 110 valence electrons. The molecule has 1 aliphatic rings. The second-order valence-electron chi connectivity index (χ2n) is 5.30. The van der Waals surface area contributed by atoms with Gasteiger partial charge in [0.1, 0.15) is 11.4 Å². The third-order valence-corrected chi connectivity index (χ3v) is 3.86. The molecule has 0 aliphatic heterocycles. The van der Waals surface area contributed by atoms with Crippen LogP contribution < -0.4 is 15.8 Å². The van der Waals surface area contributed by atoms with Crippen LogP contribution in [0.5, 0.6) is 5.88 Å². The highest BCUT2D eigenvalue weighted by Gasteiger charge is 2.41. The standard InChI is InChI=1S/C14H20FN3O2/c1-9-4-6-17-13(20-2)11(9)18-12(19)10-3-5-14(15,7-10)8-16/h4,6,10H,3,5,7-8,16H2,1-2H3,(H,18,19)/t10-,14+/m1/s1. The number of alkyl halides is 1. The number of halogens is 1. The molecule has 1 fully saturated rings. The molecule has 1 aromatic rings. The minimum atomic E-state index is -1.41. The van der Waals surface area contributed by atoms with Gasteiger partial charge in [-0.05, 0) is 37.8 Å². The smallest absolute Gasteiger partial charge is 0.237 e. The van der Waals surface area contributed by atoms with Crippen molar-refractivity contribution in [2.24, 2.45) is 11.7 Å². The van der Waals surface area contributed by atoms with Crippen molar-refractivity contribution in [1.82, 2.24) is 4.98 Å². The van der Waals surface area contributed by atoms with Gasteiger partial charge in [-0.25, -0.2) is 9.37 Å². The molecule has 0 unspecified atom stereocenters. The SMILES string of the molecule is COc1nccc(C)c1NC(=O)[C@@H]1CC[C@@](F)(CN)C1. The van der Waals surface area contributed by atoms with Crippen LogP contribution in [0.25, 0.3) is 0 Å². The molecule has 1 amide bonds. The molecule has 3 N–H and O–H groups in total. The Bertz CT molecular complexity index is 509. The van der Waals surface area contributed by atoms with Crippen molar-refractivity contribution in [3.8, 4) is 5.88 Å². The van der Waals surface area contributed by atoms with Crippen molar-refractivity contribution in [1.29, 1.82) is 0 Å². The Morgan fingerprint density at radius 1 is 1.70 bits per heavy atom. The van der Waals surface area contributed by atoms with E-state index in [9.17, 15) is 9.18 Å². The molecule has 2 atom stereocenters. The molecule has 1 heterocycles. The van der Waals surface area contributed by atoms with Crippen molar-refractivity contribution in [3.05, 3.63) is 17.8 Å². The zero-order valence-electron chi connectivity index (χ0n) is 11.8. The van der Waals surface area contributed by atoms with Crippen LogP contribution in [-0.2, 0) is 4.79 Å². The number of rotatable bonds is 4. The molecule has 0 saturated heterocycles. The van der Waals surface area contributed by atoms with Gasteiger partial charge in [0.2, 0.25) is 11.8 Å². The van der Waals surface area contributed by atoms with Crippen LogP contribution in [0, 0.1) is 12.8 Å². The predicted octanol–water partition coefficient (Wildman–Crippen LogP) is 1.80. The molecule has 6 heteroatoms. The lowest BCUT2D eigenvalue weighted by Crippen LogP contribution is -2.31. The van der Waals surface area contributed by atoms with E-state index in [-0.39, 0.29) is 24.8 Å². The number of nitrogens with one attached hydrogen (secondary N) is 1. The molecular weight excluding hydrogens is 261 g/mol. The molecule has 0 spiro atoms. The summed E-state index contributed by atoms with van der Waals surface area (Å²) in [4.78, 5) is 16.3. The van der Waals surface area contributed by atoms with E-state index in [4.69, 9.17) is 10.5 Å². The first kappa shape index (κ1) is 14.7. The van der Waals surface area contributed by atoms with E-state index < -0.39 is 5.67 Å². The first-order valence-corrected chi connectivity index (χ1v) is 6.68. The number of aryl methyl sites for hydroxylation is 1. The number of carbonyl (C=O) groups excluding carboxylic acids is 1. The number of hydrogen-bond acceptors (Lipinski definition) is 4. The number of nitrogens with two attached hydrogens (primary N) is 1. The van der Waals surface area contributed by atoms with Gasteiger partial charge in [-0.1, -0.05) is 0 Å². The Hall–Kier alpha value is -1.69. The fraction of sp³-hybridized carbons (Fsp3) is 0.571. The van der Waals surface area contributed by atoms with E-state index in [1.54, 1.807) is 12.3 Å². The number of ether oxygens (including phenoxy) is 1. The number of aromatic nitrogens is 1. The first-order valence-electron chi connectivity index (χ1n) is 6.68. The van der Waals surface area contributed by atoms with Crippen LogP contribution in [-0.4, -0.2) is 30.2 Å². The quantitative estimate of drug-likeness (QED) is 0.882. The number of nitrogens with zero attached hydrogens (tertiary/aromatic N) is 1. The Morgan fingerprint density at radius 3 is 3.05 bits per heavy atom. The molecule has 0 bridgehead atoms. The van der Waals surface area contributed by atoms with E-state index in [1.807, 2.05) is 6.92 Å². The molecule has 0 aromatic carbocycles. The van der Waals surface area contributed by atoms with Gasteiger partial charge < -0.3 is 15.8 Å². The summed E-state index contributed by atoms with van der Waals surface area (Å²) >= 11 is 0. The highest BCUT2D eigenvalue weighted by atomic mass is 19.1. The highest BCUT2D eigenvalue weighted by Crippen LogP contribution is 2.38. The largest absolute Gasteiger partial charge is 0.480 e. The number of carbonyl (C=O) groups is 1. The molecule has 1 aromatic heterocycles. The number of hydrogen-bond donors (Lipinski definition) is 2. The zero-order chi connectivity index (χ0) is 14.8. The van der Waals surface area contributed by atoms with Crippen LogP contribution in [0.3, 0.4) is 0 Å². The first-order chi connectivity index (χ1) is 9.49. The lowest BCUT2D eigenvalue weighted by molar-refractivity contribution is -0.120. The highest BCUT2D eigenvalue weighted by molar-refractivity contribution is 5.94. The zero-order valence-corrected chi connectivity index (χ0v) is 11.8. The number of pyridine rings is 1. The van der Waals surface area contributed by atoms with Gasteiger partial charge in [0.25, 0.3) is 0 Å². The van der Waals surface area contributed by atoms with Crippen molar-refractivity contribution in [3.63, 3.8) is 0 Å². The van der Waals surface area contributed by atoms with Crippen LogP contribution in [0.2, 0.25) is 0 Å². The van der Waals surface area contributed by atoms with E-state index in [0.29, 0.717) is 24.4 Å². The van der Waals surface area contributed by atoms with Crippen LogP contribution in [0.1, 0.15) is 24.8 Å². The fourth-order valence-corrected chi connectivity index (χ4v) is 2.55. The number of methoxy groups -OCH3 is 1. The van der Waals surface area contributed by atoms with E-state index in [1.165, 1.54) is 7.11 Å². The van der Waals surface area contributed by atoms with Crippen LogP contribution >= 0.6 is 0 Å². The average Bonchev–Trinajstić information content (AvgIpc) is 2.84. The van der Waals surface area contributed by atoms with Gasteiger partial charge in [-0.2, -0.15) is 0 Å². The minimum absolute atomic E-state index is 0.0357. The van der Waals surface area contributed by atoms with Crippen LogP contribution in [0.15, 0.2) is 12.3 Å². The average molecular weight is 281 g/mol. The molecule has 1 aliphatic carbocycles. The maximum absolute atomic E-state index is 14.1. The van der Waals surface area contributed by atoms with E-state index in [2.05, 4.69) is 10.3 Å². The van der Waals surface area contributed by atoms with Gasteiger partial charge in [0.05, 0.1) is 7.11 Å². The second-order valence-corrected chi connectivity index (χ2v) is 5.30. The molecule has 0 radical (unpaired) electrons. The van der Waals surface area contributed by atoms with Gasteiger partial charge in [0, 0.05) is 18.7 Å². The lowest BCUT2D eigenvalue weighted by Gasteiger charge is -2.17. The summed E-state index contributed by atoms with van der Waals surface area (Å²) in [5, 5.41) is 2.80. The third-order valence-electron chi connectivity index (χ3n) is 3.86. The predicted molar refractivity (Wildman–Crippen MR) is 74.4 cm³/mol. The Labute approximate surface area is 117 Å². The number of anilines is 1.